The predicted octanol–water partition coefficient (Wildman–Crippen LogP) is 4.57. The van der Waals surface area contributed by atoms with E-state index in [4.69, 9.17) is 24.5 Å². The van der Waals surface area contributed by atoms with Gasteiger partial charge < -0.3 is 14.4 Å². The fourth-order valence-electron chi connectivity index (χ4n) is 4.84. The van der Waals surface area contributed by atoms with Gasteiger partial charge in [-0.1, -0.05) is 42.5 Å². The molecule has 7 heteroatoms. The van der Waals surface area contributed by atoms with Gasteiger partial charge in [0.2, 0.25) is 0 Å². The number of anilines is 1. The number of rotatable bonds is 5. The number of ether oxygens (including phenoxy) is 2. The highest BCUT2D eigenvalue weighted by molar-refractivity contribution is 5.84. The zero-order valence-electron chi connectivity index (χ0n) is 20.1. The molecule has 4 heterocycles. The molecule has 0 radical (unpaired) electrons. The smallest absolute Gasteiger partial charge is 0.158 e. The van der Waals surface area contributed by atoms with Crippen molar-refractivity contribution >= 4 is 17.7 Å². The van der Waals surface area contributed by atoms with Crippen LogP contribution in [-0.2, 0) is 17.7 Å². The molecule has 0 atom stereocenters. The summed E-state index contributed by atoms with van der Waals surface area (Å²) in [5.74, 6) is 1.97. The molecule has 4 aromatic rings. The fourth-order valence-corrected chi connectivity index (χ4v) is 4.84. The molecule has 2 aromatic carbocycles. The van der Waals surface area contributed by atoms with E-state index in [-0.39, 0.29) is 5.60 Å². The Morgan fingerprint density at radius 2 is 1.86 bits per heavy atom. The molecule has 0 saturated carbocycles. The normalized spacial score (nSPS) is 17.1. The van der Waals surface area contributed by atoms with Gasteiger partial charge in [-0.25, -0.2) is 4.98 Å². The Kier molecular flexibility index (Phi) is 5.49. The zero-order valence-corrected chi connectivity index (χ0v) is 20.1. The van der Waals surface area contributed by atoms with Gasteiger partial charge in [0.1, 0.15) is 17.2 Å². The maximum atomic E-state index is 6.19. The summed E-state index contributed by atoms with van der Waals surface area (Å²) < 4.78 is 13.7. The number of benzene rings is 2. The topological polar surface area (TPSA) is 64.2 Å². The minimum Gasteiger partial charge on any atom is -0.487 e. The zero-order chi connectivity index (χ0) is 23.8. The second-order valence-electron chi connectivity index (χ2n) is 9.71. The van der Waals surface area contributed by atoms with Crippen LogP contribution in [0.15, 0.2) is 65.7 Å². The average Bonchev–Trinajstić information content (AvgIpc) is 3.44. The van der Waals surface area contributed by atoms with Crippen molar-refractivity contribution in [2.24, 2.45) is 4.99 Å². The van der Waals surface area contributed by atoms with Crippen molar-refractivity contribution in [3.63, 3.8) is 0 Å². The summed E-state index contributed by atoms with van der Waals surface area (Å²) in [4.78, 5) is 12.0. The fraction of sp³-hybridized carbons (Fsp3) is 0.321. The summed E-state index contributed by atoms with van der Waals surface area (Å²) in [6, 6.07) is 20.6. The molecule has 35 heavy (non-hydrogen) atoms. The van der Waals surface area contributed by atoms with Crippen molar-refractivity contribution < 1.29 is 9.47 Å². The highest BCUT2D eigenvalue weighted by Crippen LogP contribution is 2.36. The summed E-state index contributed by atoms with van der Waals surface area (Å²) >= 11 is 0. The van der Waals surface area contributed by atoms with Crippen LogP contribution in [0.4, 0.5) is 5.82 Å². The Morgan fingerprint density at radius 3 is 2.69 bits per heavy atom. The Bertz CT molecular complexity index is 1390. The molecule has 0 aliphatic carbocycles. The minimum atomic E-state index is -0.176. The van der Waals surface area contributed by atoms with E-state index in [2.05, 4.69) is 55.1 Å². The van der Waals surface area contributed by atoms with Crippen molar-refractivity contribution in [1.29, 1.82) is 0 Å². The maximum absolute atomic E-state index is 6.19. The molecule has 7 nitrogen and oxygen atoms in total. The van der Waals surface area contributed by atoms with E-state index in [9.17, 15) is 0 Å². The van der Waals surface area contributed by atoms with Crippen LogP contribution in [0.1, 0.15) is 30.7 Å². The van der Waals surface area contributed by atoms with E-state index in [1.807, 2.05) is 35.0 Å². The van der Waals surface area contributed by atoms with E-state index in [0.29, 0.717) is 19.8 Å². The summed E-state index contributed by atoms with van der Waals surface area (Å²) in [5.41, 5.74) is 5.79. The molecule has 2 aliphatic heterocycles. The average molecular weight is 468 g/mol. The molecule has 178 valence electrons. The molecule has 0 bridgehead atoms. The van der Waals surface area contributed by atoms with E-state index in [1.54, 1.807) is 0 Å². The van der Waals surface area contributed by atoms with Gasteiger partial charge in [-0.15, -0.1) is 0 Å². The largest absolute Gasteiger partial charge is 0.487 e. The molecule has 1 saturated heterocycles. The lowest BCUT2D eigenvalue weighted by Gasteiger charge is -2.29. The predicted molar refractivity (Wildman–Crippen MR) is 138 cm³/mol. The molecule has 0 N–H and O–H groups in total. The highest BCUT2D eigenvalue weighted by atomic mass is 16.5. The molecule has 6 rings (SSSR count). The van der Waals surface area contributed by atoms with Crippen molar-refractivity contribution in [2.75, 3.05) is 31.2 Å². The van der Waals surface area contributed by atoms with Gasteiger partial charge in [0.25, 0.3) is 0 Å². The Hall–Kier alpha value is -3.71. The first-order valence-electron chi connectivity index (χ1n) is 12.1. The molecule has 1 fully saturated rings. The van der Waals surface area contributed by atoms with E-state index >= 15 is 0 Å². The molecule has 2 aliphatic rings. The van der Waals surface area contributed by atoms with Crippen LogP contribution >= 0.6 is 0 Å². The first kappa shape index (κ1) is 21.8. The standard InChI is InChI=1S/C28H29N5O2/c1-28(2)17-21-9-6-10-22(27(21)35-28)18-29-19-23-15-26(32-11-13-34-14-12-32)33-25(30-23)16-24(31-33)20-7-4-3-5-8-20/h3-10,15-16,18H,11-14,17,19H2,1-2H3. The number of hydrogen-bond donors (Lipinski definition) is 0. The Morgan fingerprint density at radius 1 is 1.03 bits per heavy atom. The highest BCUT2D eigenvalue weighted by Gasteiger charge is 2.31. The number of aromatic nitrogens is 3. The van der Waals surface area contributed by atoms with Crippen LogP contribution in [0, 0.1) is 0 Å². The van der Waals surface area contributed by atoms with Gasteiger partial charge in [0.05, 0.1) is 31.1 Å². The SMILES string of the molecule is CC1(C)Cc2cccc(C=NCc3cc(N4CCOCC4)n4nc(-c5ccccc5)cc4n3)c2O1. The third kappa shape index (κ3) is 4.39. The van der Waals surface area contributed by atoms with E-state index in [0.717, 1.165) is 59.2 Å². The summed E-state index contributed by atoms with van der Waals surface area (Å²) in [6.07, 6.45) is 2.82. The van der Waals surface area contributed by atoms with E-state index in [1.165, 1.54) is 5.56 Å². The van der Waals surface area contributed by atoms with Crippen LogP contribution in [0.25, 0.3) is 16.9 Å². The minimum absolute atomic E-state index is 0.176. The molecular formula is C28H29N5O2. The monoisotopic (exact) mass is 467 g/mol. The van der Waals surface area contributed by atoms with Crippen molar-refractivity contribution in [2.45, 2.75) is 32.4 Å². The van der Waals surface area contributed by atoms with Gasteiger partial charge in [0.15, 0.2) is 5.65 Å². The van der Waals surface area contributed by atoms with Gasteiger partial charge >= 0.3 is 0 Å². The molecule has 0 amide bonds. The van der Waals surface area contributed by atoms with E-state index < -0.39 is 0 Å². The van der Waals surface area contributed by atoms with Crippen LogP contribution < -0.4 is 9.64 Å². The Labute approximate surface area is 205 Å². The van der Waals surface area contributed by atoms with Gasteiger partial charge in [-0.3, -0.25) is 4.99 Å². The third-order valence-electron chi connectivity index (χ3n) is 6.47. The van der Waals surface area contributed by atoms with Crippen LogP contribution in [0.3, 0.4) is 0 Å². The number of nitrogens with zero attached hydrogens (tertiary/aromatic N) is 5. The number of fused-ring (bicyclic) bond motifs is 2. The third-order valence-corrected chi connectivity index (χ3v) is 6.47. The van der Waals surface area contributed by atoms with Crippen LogP contribution in [0.2, 0.25) is 0 Å². The van der Waals surface area contributed by atoms with Gasteiger partial charge in [-0.05, 0) is 25.5 Å². The van der Waals surface area contributed by atoms with Crippen molar-refractivity contribution in [3.8, 4) is 17.0 Å². The summed E-state index contributed by atoms with van der Waals surface area (Å²) in [5, 5.41) is 4.90. The molecule has 2 aromatic heterocycles. The summed E-state index contributed by atoms with van der Waals surface area (Å²) in [6.45, 7) is 7.79. The lowest BCUT2D eigenvalue weighted by atomic mass is 10.0. The molecule has 0 unspecified atom stereocenters. The molecule has 0 spiro atoms. The number of para-hydroxylation sites is 1. The maximum Gasteiger partial charge on any atom is 0.158 e. The quantitative estimate of drug-likeness (QED) is 0.403. The van der Waals surface area contributed by atoms with Gasteiger partial charge in [-0.2, -0.15) is 9.61 Å². The first-order chi connectivity index (χ1) is 17.1. The van der Waals surface area contributed by atoms with Crippen molar-refractivity contribution in [1.82, 2.24) is 14.6 Å². The first-order valence-corrected chi connectivity index (χ1v) is 12.1. The van der Waals surface area contributed by atoms with Gasteiger partial charge in [0, 0.05) is 49.0 Å². The lowest BCUT2D eigenvalue weighted by molar-refractivity contribution is 0.122. The van der Waals surface area contributed by atoms with Crippen molar-refractivity contribution in [3.05, 3.63) is 77.5 Å². The number of morpholine rings is 1. The van der Waals surface area contributed by atoms with Crippen LogP contribution in [-0.4, -0.2) is 52.7 Å². The molecular weight excluding hydrogens is 438 g/mol. The Balaban J connectivity index is 1.33. The second kappa shape index (κ2) is 8.82. The number of aliphatic imine (C=N–C) groups is 1. The number of hydrogen-bond acceptors (Lipinski definition) is 6. The second-order valence-corrected chi connectivity index (χ2v) is 9.71. The summed E-state index contributed by atoms with van der Waals surface area (Å²) in [7, 11) is 0. The lowest BCUT2D eigenvalue weighted by Crippen LogP contribution is -2.37. The van der Waals surface area contributed by atoms with Crippen LogP contribution in [0.5, 0.6) is 5.75 Å².